The molecule has 0 radical (unpaired) electrons. The van der Waals surface area contributed by atoms with Crippen LogP contribution in [-0.4, -0.2) is 31.1 Å². The predicted molar refractivity (Wildman–Crippen MR) is 98.2 cm³/mol. The molecular formula is C21H28FNO. The topological polar surface area (TPSA) is 12.5 Å². The van der Waals surface area contributed by atoms with Gasteiger partial charge >= 0.3 is 0 Å². The Hall–Kier alpha value is -1.87. The van der Waals surface area contributed by atoms with Gasteiger partial charge in [-0.3, -0.25) is 0 Å². The van der Waals surface area contributed by atoms with Crippen LogP contribution in [0, 0.1) is 5.82 Å². The summed E-state index contributed by atoms with van der Waals surface area (Å²) in [6, 6.07) is 14.9. The molecule has 0 aliphatic carbocycles. The molecule has 0 N–H and O–H groups in total. The van der Waals surface area contributed by atoms with Gasteiger partial charge in [-0.25, -0.2) is 4.39 Å². The van der Waals surface area contributed by atoms with Crippen LogP contribution in [0.4, 0.5) is 4.39 Å². The summed E-state index contributed by atoms with van der Waals surface area (Å²) in [5, 5.41) is 0. The molecule has 0 saturated heterocycles. The maximum absolute atomic E-state index is 13.3. The number of halogens is 1. The smallest absolute Gasteiger partial charge is 0.123 e. The van der Waals surface area contributed by atoms with Crippen molar-refractivity contribution >= 4 is 0 Å². The minimum atomic E-state index is -0.204. The molecule has 24 heavy (non-hydrogen) atoms. The Balaban J connectivity index is 2.33. The quantitative estimate of drug-likeness (QED) is 0.732. The average molecular weight is 329 g/mol. The molecule has 0 aliphatic rings. The number of rotatable bonds is 6. The Bertz CT molecular complexity index is 646. The molecule has 0 aliphatic heterocycles. The number of para-hydroxylation sites is 1. The summed E-state index contributed by atoms with van der Waals surface area (Å²) in [4.78, 5) is 2.35. The number of hydrogen-bond acceptors (Lipinski definition) is 2. The van der Waals surface area contributed by atoms with Crippen molar-refractivity contribution in [2.75, 3.05) is 20.7 Å². The van der Waals surface area contributed by atoms with Crippen LogP contribution in [0.1, 0.15) is 44.2 Å². The Kier molecular flexibility index (Phi) is 6.00. The fourth-order valence-corrected chi connectivity index (χ4v) is 2.81. The monoisotopic (exact) mass is 329 g/mol. The summed E-state index contributed by atoms with van der Waals surface area (Å²) in [6.07, 6.45) is 0.944. The SMILES string of the molecule is COc1ccccc1C(CCN(C)C(C)(C)C)c1ccc(F)cc1. The Morgan fingerprint density at radius 3 is 2.25 bits per heavy atom. The lowest BCUT2D eigenvalue weighted by molar-refractivity contribution is 0.171. The van der Waals surface area contributed by atoms with Crippen LogP contribution in [0.2, 0.25) is 0 Å². The first-order valence-corrected chi connectivity index (χ1v) is 8.42. The number of ether oxygens (including phenoxy) is 1. The zero-order valence-electron chi connectivity index (χ0n) is 15.3. The lowest BCUT2D eigenvalue weighted by Gasteiger charge is -2.33. The molecule has 0 amide bonds. The van der Waals surface area contributed by atoms with Crippen molar-refractivity contribution in [2.24, 2.45) is 0 Å². The van der Waals surface area contributed by atoms with E-state index in [1.54, 1.807) is 7.11 Å². The standard InChI is InChI=1S/C21H28FNO/c1-21(2,3)23(4)15-14-18(16-10-12-17(22)13-11-16)19-8-6-7-9-20(19)24-5/h6-13,18H,14-15H2,1-5H3. The van der Waals surface area contributed by atoms with E-state index >= 15 is 0 Å². The van der Waals surface area contributed by atoms with Crippen molar-refractivity contribution in [3.63, 3.8) is 0 Å². The molecule has 3 heteroatoms. The largest absolute Gasteiger partial charge is 0.496 e. The summed E-state index contributed by atoms with van der Waals surface area (Å²) in [5.74, 6) is 0.848. The summed E-state index contributed by atoms with van der Waals surface area (Å²) < 4.78 is 18.9. The molecule has 1 unspecified atom stereocenters. The third kappa shape index (κ3) is 4.57. The second-order valence-corrected chi connectivity index (χ2v) is 7.23. The fraction of sp³-hybridized carbons (Fsp3) is 0.429. The van der Waals surface area contributed by atoms with Crippen LogP contribution < -0.4 is 4.74 Å². The van der Waals surface area contributed by atoms with Gasteiger partial charge in [0.25, 0.3) is 0 Å². The Morgan fingerprint density at radius 2 is 1.67 bits per heavy atom. The zero-order chi connectivity index (χ0) is 17.7. The molecule has 2 rings (SSSR count). The van der Waals surface area contributed by atoms with Crippen LogP contribution in [0.5, 0.6) is 5.75 Å². The van der Waals surface area contributed by atoms with Gasteiger partial charge in [-0.1, -0.05) is 30.3 Å². The second-order valence-electron chi connectivity index (χ2n) is 7.23. The van der Waals surface area contributed by atoms with Crippen molar-refractivity contribution in [3.05, 3.63) is 65.5 Å². The van der Waals surface area contributed by atoms with Gasteiger partial charge in [-0.15, -0.1) is 0 Å². The van der Waals surface area contributed by atoms with Gasteiger partial charge in [-0.2, -0.15) is 0 Å². The van der Waals surface area contributed by atoms with E-state index in [2.05, 4.69) is 38.8 Å². The van der Waals surface area contributed by atoms with Crippen LogP contribution in [-0.2, 0) is 0 Å². The van der Waals surface area contributed by atoms with Gasteiger partial charge in [0.2, 0.25) is 0 Å². The van der Waals surface area contributed by atoms with Gasteiger partial charge in [0.15, 0.2) is 0 Å². The van der Waals surface area contributed by atoms with Gasteiger partial charge < -0.3 is 9.64 Å². The van der Waals surface area contributed by atoms with Crippen LogP contribution in [0.25, 0.3) is 0 Å². The molecular weight excluding hydrogens is 301 g/mol. The summed E-state index contributed by atoms with van der Waals surface area (Å²) in [5.41, 5.74) is 2.38. The first kappa shape index (κ1) is 18.5. The summed E-state index contributed by atoms with van der Waals surface area (Å²) >= 11 is 0. The van der Waals surface area contributed by atoms with Crippen LogP contribution in [0.15, 0.2) is 48.5 Å². The lowest BCUT2D eigenvalue weighted by atomic mass is 9.87. The molecule has 0 fully saturated rings. The van der Waals surface area contributed by atoms with Crippen LogP contribution >= 0.6 is 0 Å². The van der Waals surface area contributed by atoms with E-state index in [4.69, 9.17) is 4.74 Å². The third-order valence-corrected chi connectivity index (χ3v) is 4.69. The van der Waals surface area contributed by atoms with E-state index in [-0.39, 0.29) is 17.3 Å². The normalized spacial score (nSPS) is 13.1. The predicted octanol–water partition coefficient (Wildman–Crippen LogP) is 5.09. The van der Waals surface area contributed by atoms with E-state index in [1.165, 1.54) is 12.1 Å². The molecule has 2 aromatic carbocycles. The maximum atomic E-state index is 13.3. The zero-order valence-corrected chi connectivity index (χ0v) is 15.3. The highest BCUT2D eigenvalue weighted by molar-refractivity contribution is 5.42. The van der Waals surface area contributed by atoms with E-state index in [1.807, 2.05) is 30.3 Å². The highest BCUT2D eigenvalue weighted by Gasteiger charge is 2.22. The molecule has 0 aromatic heterocycles. The molecule has 1 atom stereocenters. The molecule has 0 saturated carbocycles. The third-order valence-electron chi connectivity index (χ3n) is 4.69. The number of methoxy groups -OCH3 is 1. The molecule has 0 bridgehead atoms. The molecule has 2 nitrogen and oxygen atoms in total. The number of benzene rings is 2. The summed E-state index contributed by atoms with van der Waals surface area (Å²) in [6.45, 7) is 7.58. The van der Waals surface area contributed by atoms with E-state index in [0.717, 1.165) is 29.8 Å². The molecule has 0 spiro atoms. The lowest BCUT2D eigenvalue weighted by Crippen LogP contribution is -2.39. The number of nitrogens with zero attached hydrogens (tertiary/aromatic N) is 1. The van der Waals surface area contributed by atoms with Crippen molar-refractivity contribution in [1.29, 1.82) is 0 Å². The van der Waals surface area contributed by atoms with Crippen molar-refractivity contribution < 1.29 is 9.13 Å². The van der Waals surface area contributed by atoms with E-state index in [0.29, 0.717) is 0 Å². The molecule has 0 heterocycles. The van der Waals surface area contributed by atoms with Gasteiger partial charge in [0.05, 0.1) is 7.11 Å². The van der Waals surface area contributed by atoms with Crippen LogP contribution in [0.3, 0.4) is 0 Å². The first-order valence-electron chi connectivity index (χ1n) is 8.42. The van der Waals surface area contributed by atoms with E-state index < -0.39 is 0 Å². The molecule has 130 valence electrons. The van der Waals surface area contributed by atoms with Gasteiger partial charge in [0, 0.05) is 17.0 Å². The Morgan fingerprint density at radius 1 is 1.04 bits per heavy atom. The summed E-state index contributed by atoms with van der Waals surface area (Å²) in [7, 11) is 3.84. The minimum absolute atomic E-state index is 0.119. The Labute approximate surface area is 145 Å². The second kappa shape index (κ2) is 7.80. The molecule has 2 aromatic rings. The van der Waals surface area contributed by atoms with Crippen molar-refractivity contribution in [3.8, 4) is 5.75 Å². The van der Waals surface area contributed by atoms with Gasteiger partial charge in [-0.05, 0) is 64.5 Å². The van der Waals surface area contributed by atoms with Gasteiger partial charge in [0.1, 0.15) is 11.6 Å². The average Bonchev–Trinajstić information content (AvgIpc) is 2.56. The minimum Gasteiger partial charge on any atom is -0.496 e. The fourth-order valence-electron chi connectivity index (χ4n) is 2.81. The first-order chi connectivity index (χ1) is 11.3. The highest BCUT2D eigenvalue weighted by atomic mass is 19.1. The van der Waals surface area contributed by atoms with E-state index in [9.17, 15) is 4.39 Å². The number of hydrogen-bond donors (Lipinski definition) is 0. The highest BCUT2D eigenvalue weighted by Crippen LogP contribution is 2.34. The van der Waals surface area contributed by atoms with Crippen molar-refractivity contribution in [2.45, 2.75) is 38.6 Å². The van der Waals surface area contributed by atoms with Crippen molar-refractivity contribution in [1.82, 2.24) is 4.90 Å². The maximum Gasteiger partial charge on any atom is 0.123 e.